The first kappa shape index (κ1) is 23.8. The molecule has 0 aromatic heterocycles. The van der Waals surface area contributed by atoms with E-state index in [1.165, 1.54) is 10.4 Å². The van der Waals surface area contributed by atoms with Crippen LogP contribution in [0.15, 0.2) is 100 Å². The van der Waals surface area contributed by atoms with Crippen LogP contribution in [0.3, 0.4) is 0 Å². The van der Waals surface area contributed by atoms with Crippen molar-refractivity contribution in [3.63, 3.8) is 0 Å². The number of halogens is 1. The quantitative estimate of drug-likeness (QED) is 0.229. The Morgan fingerprint density at radius 1 is 0.917 bits per heavy atom. The van der Waals surface area contributed by atoms with Crippen molar-refractivity contribution in [1.29, 1.82) is 0 Å². The molecule has 0 saturated carbocycles. The van der Waals surface area contributed by atoms with E-state index in [4.69, 9.17) is 9.47 Å². The highest BCUT2D eigenvalue weighted by Gasteiger charge is 2.29. The Morgan fingerprint density at radius 2 is 1.64 bits per heavy atom. The van der Waals surface area contributed by atoms with Gasteiger partial charge >= 0.3 is 0 Å². The molecule has 5 nitrogen and oxygen atoms in total. The van der Waals surface area contributed by atoms with E-state index in [0.29, 0.717) is 36.0 Å². The summed E-state index contributed by atoms with van der Waals surface area (Å²) in [6.45, 7) is 4.67. The Hall–Kier alpha value is -3.90. The lowest BCUT2D eigenvalue weighted by atomic mass is 10.1. The summed E-state index contributed by atoms with van der Waals surface area (Å²) in [5.74, 6) is 1.08. The Labute approximate surface area is 218 Å². The van der Waals surface area contributed by atoms with Crippen molar-refractivity contribution in [2.24, 2.45) is 5.10 Å². The van der Waals surface area contributed by atoms with Crippen LogP contribution in [-0.4, -0.2) is 18.2 Å². The number of fused-ring (bicyclic) bond motifs is 1. The number of amides is 1. The second kappa shape index (κ2) is 10.4. The minimum absolute atomic E-state index is 0.167. The Bertz CT molecular complexity index is 1490. The maximum Gasteiger partial charge on any atom is 0.280 e. The Morgan fingerprint density at radius 3 is 2.44 bits per heavy atom. The standard InChI is InChI=1S/C30H25BrN2O3/c1-3-35-28-17-23(16-26-20(2)32-33(30(26)34)24-13-5-4-6-14-24)27(31)18-29(28)36-19-22-12-9-11-21-10-7-8-15-25(21)22/h4-18H,3,19H2,1-2H3/b26-16+. The van der Waals surface area contributed by atoms with Gasteiger partial charge in [0, 0.05) is 4.47 Å². The largest absolute Gasteiger partial charge is 0.490 e. The number of hydrogen-bond donors (Lipinski definition) is 0. The van der Waals surface area contributed by atoms with Gasteiger partial charge in [-0.15, -0.1) is 0 Å². The highest BCUT2D eigenvalue weighted by Crippen LogP contribution is 2.36. The topological polar surface area (TPSA) is 51.1 Å². The minimum atomic E-state index is -0.167. The normalized spacial score (nSPS) is 14.4. The molecule has 0 bridgehead atoms. The van der Waals surface area contributed by atoms with Crippen molar-refractivity contribution in [3.8, 4) is 11.5 Å². The molecule has 1 heterocycles. The summed E-state index contributed by atoms with van der Waals surface area (Å²) in [6.07, 6.45) is 1.84. The molecule has 6 heteroatoms. The molecule has 4 aromatic rings. The summed E-state index contributed by atoms with van der Waals surface area (Å²) in [5, 5.41) is 8.24. The minimum Gasteiger partial charge on any atom is -0.490 e. The lowest BCUT2D eigenvalue weighted by Gasteiger charge is -2.15. The predicted molar refractivity (Wildman–Crippen MR) is 149 cm³/mol. The molecule has 0 radical (unpaired) electrons. The first-order valence-electron chi connectivity index (χ1n) is 11.8. The van der Waals surface area contributed by atoms with Gasteiger partial charge in [-0.2, -0.15) is 10.1 Å². The molecular weight excluding hydrogens is 516 g/mol. The fourth-order valence-corrected chi connectivity index (χ4v) is 4.64. The van der Waals surface area contributed by atoms with Crippen LogP contribution >= 0.6 is 15.9 Å². The number of benzene rings is 4. The number of carbonyl (C=O) groups excluding carboxylic acids is 1. The first-order valence-corrected chi connectivity index (χ1v) is 12.6. The number of hydrazone groups is 1. The van der Waals surface area contributed by atoms with Crippen LogP contribution < -0.4 is 14.5 Å². The van der Waals surface area contributed by atoms with Crippen LogP contribution in [0, 0.1) is 0 Å². The van der Waals surface area contributed by atoms with Gasteiger partial charge < -0.3 is 9.47 Å². The summed E-state index contributed by atoms with van der Waals surface area (Å²) < 4.78 is 12.9. The van der Waals surface area contributed by atoms with E-state index in [-0.39, 0.29) is 5.91 Å². The fraction of sp³-hybridized carbons (Fsp3) is 0.133. The average Bonchev–Trinajstić information content (AvgIpc) is 3.18. The number of nitrogens with zero attached hydrogens (tertiary/aromatic N) is 2. The molecule has 0 saturated heterocycles. The lowest BCUT2D eigenvalue weighted by molar-refractivity contribution is -0.114. The van der Waals surface area contributed by atoms with E-state index >= 15 is 0 Å². The summed E-state index contributed by atoms with van der Waals surface area (Å²) >= 11 is 3.66. The molecule has 1 amide bonds. The van der Waals surface area contributed by atoms with Crippen LogP contribution in [0.1, 0.15) is 25.0 Å². The molecule has 180 valence electrons. The SMILES string of the molecule is CCOc1cc(/C=C2/C(=O)N(c3ccccc3)N=C2C)c(Br)cc1OCc1cccc2ccccc12. The molecule has 1 aliphatic rings. The summed E-state index contributed by atoms with van der Waals surface area (Å²) in [6, 6.07) is 27.7. The van der Waals surface area contributed by atoms with Gasteiger partial charge in [-0.1, -0.05) is 76.6 Å². The van der Waals surface area contributed by atoms with E-state index in [1.807, 2.05) is 80.6 Å². The Balaban J connectivity index is 1.43. The number of anilines is 1. The van der Waals surface area contributed by atoms with Crippen molar-refractivity contribution < 1.29 is 14.3 Å². The maximum absolute atomic E-state index is 13.1. The zero-order valence-electron chi connectivity index (χ0n) is 20.1. The lowest BCUT2D eigenvalue weighted by Crippen LogP contribution is -2.21. The number of rotatable bonds is 7. The summed E-state index contributed by atoms with van der Waals surface area (Å²) in [4.78, 5) is 13.1. The third-order valence-corrected chi connectivity index (χ3v) is 6.68. The van der Waals surface area contributed by atoms with Gasteiger partial charge in [-0.05, 0) is 66.1 Å². The molecule has 0 spiro atoms. The van der Waals surface area contributed by atoms with Crippen LogP contribution in [0.25, 0.3) is 16.8 Å². The van der Waals surface area contributed by atoms with Gasteiger partial charge in [0.1, 0.15) is 6.61 Å². The zero-order chi connectivity index (χ0) is 25.1. The van der Waals surface area contributed by atoms with Crippen molar-refractivity contribution in [2.45, 2.75) is 20.5 Å². The van der Waals surface area contributed by atoms with E-state index < -0.39 is 0 Å². The van der Waals surface area contributed by atoms with Crippen molar-refractivity contribution in [2.75, 3.05) is 11.6 Å². The molecule has 0 N–H and O–H groups in total. The van der Waals surface area contributed by atoms with Crippen LogP contribution in [0.5, 0.6) is 11.5 Å². The van der Waals surface area contributed by atoms with E-state index in [1.54, 1.807) is 0 Å². The summed E-state index contributed by atoms with van der Waals surface area (Å²) in [7, 11) is 0. The smallest absolute Gasteiger partial charge is 0.280 e. The molecule has 0 unspecified atom stereocenters. The molecule has 4 aromatic carbocycles. The van der Waals surface area contributed by atoms with Gasteiger partial charge in [0.05, 0.1) is 23.6 Å². The predicted octanol–water partition coefficient (Wildman–Crippen LogP) is 7.39. The maximum atomic E-state index is 13.1. The highest BCUT2D eigenvalue weighted by molar-refractivity contribution is 9.10. The van der Waals surface area contributed by atoms with Crippen molar-refractivity contribution in [3.05, 3.63) is 106 Å². The molecule has 0 aliphatic carbocycles. The van der Waals surface area contributed by atoms with Crippen LogP contribution in [0.2, 0.25) is 0 Å². The van der Waals surface area contributed by atoms with E-state index in [2.05, 4.69) is 45.3 Å². The first-order chi connectivity index (χ1) is 17.5. The molecule has 0 fully saturated rings. The number of carbonyl (C=O) groups is 1. The summed E-state index contributed by atoms with van der Waals surface area (Å²) in [5.41, 5.74) is 3.83. The number of hydrogen-bond acceptors (Lipinski definition) is 4. The third kappa shape index (κ3) is 4.77. The van der Waals surface area contributed by atoms with Crippen molar-refractivity contribution in [1.82, 2.24) is 0 Å². The fourth-order valence-electron chi connectivity index (χ4n) is 4.20. The van der Waals surface area contributed by atoms with Gasteiger partial charge in [0.2, 0.25) is 0 Å². The molecular formula is C30H25BrN2O3. The van der Waals surface area contributed by atoms with Crippen LogP contribution in [0.4, 0.5) is 5.69 Å². The van der Waals surface area contributed by atoms with Gasteiger partial charge in [0.25, 0.3) is 5.91 Å². The number of para-hydroxylation sites is 1. The van der Waals surface area contributed by atoms with Gasteiger partial charge in [0.15, 0.2) is 11.5 Å². The monoisotopic (exact) mass is 540 g/mol. The van der Waals surface area contributed by atoms with Gasteiger partial charge in [-0.3, -0.25) is 4.79 Å². The Kier molecular flexibility index (Phi) is 6.87. The second-order valence-corrected chi connectivity index (χ2v) is 9.23. The molecule has 1 aliphatic heterocycles. The van der Waals surface area contributed by atoms with Gasteiger partial charge in [-0.25, -0.2) is 0 Å². The number of ether oxygens (including phenoxy) is 2. The zero-order valence-corrected chi connectivity index (χ0v) is 21.7. The van der Waals surface area contributed by atoms with E-state index in [9.17, 15) is 4.79 Å². The molecule has 5 rings (SSSR count). The highest BCUT2D eigenvalue weighted by atomic mass is 79.9. The van der Waals surface area contributed by atoms with Crippen molar-refractivity contribution >= 4 is 50.1 Å². The van der Waals surface area contributed by atoms with Crippen LogP contribution in [-0.2, 0) is 11.4 Å². The molecule has 36 heavy (non-hydrogen) atoms. The molecule has 0 atom stereocenters. The second-order valence-electron chi connectivity index (χ2n) is 8.38. The third-order valence-electron chi connectivity index (χ3n) is 5.99. The average molecular weight is 541 g/mol. The van der Waals surface area contributed by atoms with E-state index in [0.717, 1.165) is 26.7 Å².